The molecule has 0 aromatic heterocycles. The largest absolute Gasteiger partial charge is 0.481 e. The lowest BCUT2D eigenvalue weighted by Crippen LogP contribution is -2.29. The van der Waals surface area contributed by atoms with Gasteiger partial charge in [-0.3, -0.25) is 4.79 Å². The van der Waals surface area contributed by atoms with E-state index in [-0.39, 0.29) is 25.4 Å². The molecule has 0 aliphatic carbocycles. The first-order valence-corrected chi connectivity index (χ1v) is 4.92. The van der Waals surface area contributed by atoms with Crippen molar-refractivity contribution in [1.29, 1.82) is 5.26 Å². The number of benzene rings is 1. The van der Waals surface area contributed by atoms with Gasteiger partial charge in [0.25, 0.3) is 5.91 Å². The molecule has 1 aromatic carbocycles. The van der Waals surface area contributed by atoms with Crippen molar-refractivity contribution in [2.24, 2.45) is 5.73 Å². The highest BCUT2D eigenvalue weighted by Gasteiger charge is 2.07. The number of amides is 1. The van der Waals surface area contributed by atoms with Gasteiger partial charge in [-0.1, -0.05) is 6.07 Å². The van der Waals surface area contributed by atoms with E-state index in [1.165, 1.54) is 12.1 Å². The van der Waals surface area contributed by atoms with Gasteiger partial charge in [0.05, 0.1) is 6.07 Å². The average molecular weight is 237 g/mol. The van der Waals surface area contributed by atoms with Crippen LogP contribution >= 0.6 is 0 Å². The first-order valence-electron chi connectivity index (χ1n) is 4.92. The fourth-order valence-electron chi connectivity index (χ4n) is 1.12. The highest BCUT2D eigenvalue weighted by molar-refractivity contribution is 5.77. The van der Waals surface area contributed by atoms with E-state index in [0.717, 1.165) is 0 Å². The molecular formula is C11H12FN3O2. The quantitative estimate of drug-likeness (QED) is 0.721. The normalized spacial score (nSPS) is 9.47. The van der Waals surface area contributed by atoms with Crippen molar-refractivity contribution < 1.29 is 13.9 Å². The van der Waals surface area contributed by atoms with Crippen LogP contribution in [0.25, 0.3) is 0 Å². The first kappa shape index (κ1) is 12.9. The van der Waals surface area contributed by atoms with Gasteiger partial charge in [-0.2, -0.15) is 5.26 Å². The first-order chi connectivity index (χ1) is 8.17. The molecule has 1 amide bonds. The lowest BCUT2D eigenvalue weighted by atomic mass is 10.2. The summed E-state index contributed by atoms with van der Waals surface area (Å²) in [5.74, 6) is -1.07. The van der Waals surface area contributed by atoms with E-state index in [1.807, 2.05) is 0 Å². The Labute approximate surface area is 98.0 Å². The summed E-state index contributed by atoms with van der Waals surface area (Å²) in [7, 11) is 0. The van der Waals surface area contributed by atoms with E-state index >= 15 is 0 Å². The zero-order valence-electron chi connectivity index (χ0n) is 9.07. The molecule has 0 saturated heterocycles. The number of nitrogens with one attached hydrogen (secondary N) is 1. The Morgan fingerprint density at radius 3 is 2.94 bits per heavy atom. The van der Waals surface area contributed by atoms with Crippen molar-refractivity contribution in [3.05, 3.63) is 29.6 Å². The van der Waals surface area contributed by atoms with Gasteiger partial charge in [0, 0.05) is 6.54 Å². The molecule has 90 valence electrons. The van der Waals surface area contributed by atoms with E-state index in [1.54, 1.807) is 12.1 Å². The summed E-state index contributed by atoms with van der Waals surface area (Å²) in [5.41, 5.74) is 5.99. The van der Waals surface area contributed by atoms with Gasteiger partial charge >= 0.3 is 0 Å². The minimum atomic E-state index is -0.568. The minimum Gasteiger partial charge on any atom is -0.481 e. The highest BCUT2D eigenvalue weighted by atomic mass is 19.1. The molecule has 0 heterocycles. The number of ether oxygens (including phenoxy) is 1. The van der Waals surface area contributed by atoms with Crippen LogP contribution in [0.2, 0.25) is 0 Å². The smallest absolute Gasteiger partial charge is 0.258 e. The summed E-state index contributed by atoms with van der Waals surface area (Å²) >= 11 is 0. The molecular weight excluding hydrogens is 225 g/mol. The fraction of sp³-hybridized carbons (Fsp3) is 0.273. The Morgan fingerprint density at radius 1 is 1.59 bits per heavy atom. The summed E-state index contributed by atoms with van der Waals surface area (Å²) in [6.07, 6.45) is 0. The SMILES string of the molecule is N#CCNC(=O)COc1ccc(CN)cc1F. The molecule has 0 aliphatic rings. The second kappa shape index (κ2) is 6.45. The van der Waals surface area contributed by atoms with Crippen LogP contribution in [0, 0.1) is 17.1 Å². The van der Waals surface area contributed by atoms with Crippen LogP contribution < -0.4 is 15.8 Å². The van der Waals surface area contributed by atoms with Crippen LogP contribution in [0.4, 0.5) is 4.39 Å². The van der Waals surface area contributed by atoms with Crippen LogP contribution in [0.5, 0.6) is 5.75 Å². The van der Waals surface area contributed by atoms with Gasteiger partial charge in [-0.15, -0.1) is 0 Å². The number of nitrogens with zero attached hydrogens (tertiary/aromatic N) is 1. The van der Waals surface area contributed by atoms with Crippen molar-refractivity contribution in [3.8, 4) is 11.8 Å². The van der Waals surface area contributed by atoms with Gasteiger partial charge in [-0.25, -0.2) is 4.39 Å². The number of carbonyl (C=O) groups excluding carboxylic acids is 1. The van der Waals surface area contributed by atoms with Crippen LogP contribution in [-0.4, -0.2) is 19.1 Å². The Bertz CT molecular complexity index is 443. The standard InChI is InChI=1S/C11H12FN3O2/c12-9-5-8(6-14)1-2-10(9)17-7-11(16)15-4-3-13/h1-2,5H,4,6-7,14H2,(H,15,16). The van der Waals surface area contributed by atoms with Gasteiger partial charge in [-0.05, 0) is 17.7 Å². The van der Waals surface area contributed by atoms with Crippen molar-refractivity contribution in [3.63, 3.8) is 0 Å². The fourth-order valence-corrected chi connectivity index (χ4v) is 1.12. The third kappa shape index (κ3) is 4.09. The summed E-state index contributed by atoms with van der Waals surface area (Å²) in [6, 6.07) is 6.03. The van der Waals surface area contributed by atoms with Crippen LogP contribution in [-0.2, 0) is 11.3 Å². The van der Waals surface area contributed by atoms with Crippen molar-refractivity contribution in [1.82, 2.24) is 5.32 Å². The van der Waals surface area contributed by atoms with Crippen molar-refractivity contribution in [2.45, 2.75) is 6.54 Å². The number of nitriles is 1. The maximum absolute atomic E-state index is 13.4. The summed E-state index contributed by atoms with van der Waals surface area (Å²) < 4.78 is 18.3. The molecule has 0 unspecified atom stereocenters. The molecule has 5 nitrogen and oxygen atoms in total. The minimum absolute atomic E-state index is 0.0192. The van der Waals surface area contributed by atoms with E-state index in [9.17, 15) is 9.18 Å². The molecule has 1 rings (SSSR count). The Hall–Kier alpha value is -2.13. The third-order valence-electron chi connectivity index (χ3n) is 1.96. The zero-order valence-corrected chi connectivity index (χ0v) is 9.07. The molecule has 0 bridgehead atoms. The number of hydrogen-bond acceptors (Lipinski definition) is 4. The van der Waals surface area contributed by atoms with Gasteiger partial charge in [0.1, 0.15) is 6.54 Å². The predicted octanol–water partition coefficient (Wildman–Crippen LogP) is 0.303. The lowest BCUT2D eigenvalue weighted by Gasteiger charge is -2.07. The van der Waals surface area contributed by atoms with Gasteiger partial charge < -0.3 is 15.8 Å². The summed E-state index contributed by atoms with van der Waals surface area (Å²) in [6.45, 7) is -0.197. The molecule has 17 heavy (non-hydrogen) atoms. The van der Waals surface area contributed by atoms with Crippen LogP contribution in [0.1, 0.15) is 5.56 Å². The Morgan fingerprint density at radius 2 is 2.35 bits per heavy atom. The van der Waals surface area contributed by atoms with Crippen LogP contribution in [0.3, 0.4) is 0 Å². The van der Waals surface area contributed by atoms with Crippen molar-refractivity contribution >= 4 is 5.91 Å². The number of hydrogen-bond donors (Lipinski definition) is 2. The Kier molecular flexibility index (Phi) is 4.91. The Balaban J connectivity index is 2.52. The monoisotopic (exact) mass is 237 g/mol. The molecule has 0 spiro atoms. The van der Waals surface area contributed by atoms with E-state index in [2.05, 4.69) is 5.32 Å². The van der Waals surface area contributed by atoms with E-state index in [4.69, 9.17) is 15.7 Å². The number of halogens is 1. The highest BCUT2D eigenvalue weighted by Crippen LogP contribution is 2.17. The summed E-state index contributed by atoms with van der Waals surface area (Å²) in [4.78, 5) is 11.1. The maximum atomic E-state index is 13.4. The molecule has 1 aromatic rings. The number of nitrogens with two attached hydrogens (primary N) is 1. The maximum Gasteiger partial charge on any atom is 0.258 e. The zero-order chi connectivity index (χ0) is 12.7. The van der Waals surface area contributed by atoms with Crippen molar-refractivity contribution in [2.75, 3.05) is 13.2 Å². The van der Waals surface area contributed by atoms with Gasteiger partial charge in [0.15, 0.2) is 18.2 Å². The van der Waals surface area contributed by atoms with E-state index < -0.39 is 11.7 Å². The average Bonchev–Trinajstić information content (AvgIpc) is 2.34. The van der Waals surface area contributed by atoms with Gasteiger partial charge in [0.2, 0.25) is 0 Å². The summed E-state index contributed by atoms with van der Waals surface area (Å²) in [5, 5.41) is 10.5. The molecule has 0 atom stereocenters. The predicted molar refractivity (Wildman–Crippen MR) is 58.4 cm³/mol. The molecule has 0 aliphatic heterocycles. The molecule has 0 radical (unpaired) electrons. The van der Waals surface area contributed by atoms with E-state index in [0.29, 0.717) is 5.56 Å². The molecule has 0 fully saturated rings. The number of rotatable bonds is 5. The topological polar surface area (TPSA) is 88.1 Å². The molecule has 0 saturated carbocycles. The third-order valence-corrected chi connectivity index (χ3v) is 1.96. The number of carbonyl (C=O) groups is 1. The second-order valence-corrected chi connectivity index (χ2v) is 3.19. The van der Waals surface area contributed by atoms with Crippen LogP contribution in [0.15, 0.2) is 18.2 Å². The molecule has 6 heteroatoms. The lowest BCUT2D eigenvalue weighted by molar-refractivity contribution is -0.122. The second-order valence-electron chi connectivity index (χ2n) is 3.19. The molecule has 3 N–H and O–H groups in total.